The van der Waals surface area contributed by atoms with Gasteiger partial charge in [-0.05, 0) is 36.5 Å². The number of phenols is 1. The molecule has 0 aliphatic carbocycles. The Balaban J connectivity index is 3.09. The maximum Gasteiger partial charge on any atom is 0.326 e. The summed E-state index contributed by atoms with van der Waals surface area (Å²) in [4.78, 5) is 72.6. The fourth-order valence-corrected chi connectivity index (χ4v) is 3.47. The van der Waals surface area contributed by atoms with Crippen molar-refractivity contribution in [2.75, 3.05) is 0 Å². The quantitative estimate of drug-likeness (QED) is 0.123. The van der Waals surface area contributed by atoms with E-state index in [9.17, 15) is 39.0 Å². The minimum absolute atomic E-state index is 0.0410. The lowest BCUT2D eigenvalue weighted by Gasteiger charge is -2.26. The maximum atomic E-state index is 13.0. The van der Waals surface area contributed by atoms with Crippen LogP contribution in [0.5, 0.6) is 5.75 Å². The summed E-state index contributed by atoms with van der Waals surface area (Å²) in [7, 11) is 0. The Hall–Kier alpha value is -4.20. The number of nitrogens with two attached hydrogens (primary N) is 1. The molecule has 0 radical (unpaired) electrons. The van der Waals surface area contributed by atoms with Crippen LogP contribution in [-0.2, 0) is 35.2 Å². The third-order valence-electron chi connectivity index (χ3n) is 6.11. The number of hydrogen-bond acceptors (Lipinski definition) is 8. The van der Waals surface area contributed by atoms with Gasteiger partial charge in [0.2, 0.25) is 17.7 Å². The largest absolute Gasteiger partial charge is 0.508 e. The highest BCUT2D eigenvalue weighted by Crippen LogP contribution is 2.12. The Kier molecular flexibility index (Phi) is 13.4. The third-order valence-corrected chi connectivity index (χ3v) is 6.11. The van der Waals surface area contributed by atoms with Crippen LogP contribution in [0.25, 0.3) is 0 Å². The molecule has 0 bridgehead atoms. The van der Waals surface area contributed by atoms with Crippen LogP contribution in [0, 0.1) is 5.92 Å². The van der Waals surface area contributed by atoms with Crippen LogP contribution in [-0.4, -0.2) is 80.2 Å². The monoisotopic (exact) mass is 552 g/mol. The molecule has 14 heteroatoms. The standard InChI is InChI=1S/C25H36N4O10/c1-3-13(2)21(26)24(37)28-17(9-11-20(33)34)22(35)27-16(8-10-19(31)32)23(36)29-18(25(38)39)12-14-4-6-15(30)7-5-14/h4-7,13,16-18,21,30H,3,8-12,26H2,1-2H3,(H,27,35)(H,28,37)(H,29,36)(H,31,32)(H,33,34)(H,38,39). The van der Waals surface area contributed by atoms with Crippen LogP contribution in [0.1, 0.15) is 51.5 Å². The molecule has 0 fully saturated rings. The molecule has 1 aromatic carbocycles. The Morgan fingerprint density at radius 3 is 1.62 bits per heavy atom. The first-order chi connectivity index (χ1) is 18.2. The van der Waals surface area contributed by atoms with Crippen LogP contribution >= 0.6 is 0 Å². The molecule has 14 nitrogen and oxygen atoms in total. The van der Waals surface area contributed by atoms with Crippen LogP contribution < -0.4 is 21.7 Å². The first-order valence-corrected chi connectivity index (χ1v) is 12.4. The molecule has 0 aromatic heterocycles. The summed E-state index contributed by atoms with van der Waals surface area (Å²) in [6.45, 7) is 3.53. The molecule has 0 spiro atoms. The summed E-state index contributed by atoms with van der Waals surface area (Å²) >= 11 is 0. The highest BCUT2D eigenvalue weighted by molar-refractivity contribution is 5.94. The van der Waals surface area contributed by atoms with Gasteiger partial charge in [-0.1, -0.05) is 32.4 Å². The highest BCUT2D eigenvalue weighted by Gasteiger charge is 2.31. The molecule has 0 aliphatic heterocycles. The molecule has 3 amide bonds. The number of phenolic OH excluding ortho intramolecular Hbond substituents is 1. The minimum Gasteiger partial charge on any atom is -0.508 e. The average Bonchev–Trinajstić information content (AvgIpc) is 2.87. The number of carbonyl (C=O) groups excluding carboxylic acids is 3. The van der Waals surface area contributed by atoms with E-state index in [0.29, 0.717) is 12.0 Å². The SMILES string of the molecule is CCC(C)C(N)C(=O)NC(CCC(=O)O)C(=O)NC(CCC(=O)O)C(=O)NC(Cc1ccc(O)cc1)C(=O)O. The lowest BCUT2D eigenvalue weighted by Crippen LogP contribution is -2.57. The van der Waals surface area contributed by atoms with Crippen molar-refractivity contribution in [3.05, 3.63) is 29.8 Å². The van der Waals surface area contributed by atoms with E-state index in [1.54, 1.807) is 6.92 Å². The summed E-state index contributed by atoms with van der Waals surface area (Å²) in [6.07, 6.45) is -1.43. The van der Waals surface area contributed by atoms with Gasteiger partial charge < -0.3 is 42.1 Å². The van der Waals surface area contributed by atoms with Crippen molar-refractivity contribution in [2.24, 2.45) is 11.7 Å². The summed E-state index contributed by atoms with van der Waals surface area (Å²) in [5, 5.41) is 44.1. The van der Waals surface area contributed by atoms with E-state index in [2.05, 4.69) is 16.0 Å². The van der Waals surface area contributed by atoms with E-state index in [1.165, 1.54) is 24.3 Å². The van der Waals surface area contributed by atoms with Crippen molar-refractivity contribution in [1.82, 2.24) is 16.0 Å². The molecule has 0 saturated heterocycles. The van der Waals surface area contributed by atoms with Crippen molar-refractivity contribution >= 4 is 35.6 Å². The molecular weight excluding hydrogens is 516 g/mol. The molecule has 0 aliphatic rings. The third kappa shape index (κ3) is 11.8. The first-order valence-electron chi connectivity index (χ1n) is 12.4. The van der Waals surface area contributed by atoms with Gasteiger partial charge in [0.05, 0.1) is 6.04 Å². The number of carboxylic acid groups (broad SMARTS) is 3. The Labute approximate surface area is 225 Å². The number of nitrogens with one attached hydrogen (secondary N) is 3. The summed E-state index contributed by atoms with van der Waals surface area (Å²) < 4.78 is 0. The lowest BCUT2D eigenvalue weighted by atomic mass is 9.98. The number of amides is 3. The summed E-state index contributed by atoms with van der Waals surface area (Å²) in [5.74, 6) is -6.87. The zero-order valence-electron chi connectivity index (χ0n) is 21.8. The molecule has 1 rings (SSSR count). The zero-order chi connectivity index (χ0) is 29.7. The van der Waals surface area contributed by atoms with Crippen molar-refractivity contribution in [2.45, 2.75) is 76.5 Å². The molecule has 39 heavy (non-hydrogen) atoms. The van der Waals surface area contributed by atoms with Gasteiger partial charge in [-0.15, -0.1) is 0 Å². The molecule has 1 aromatic rings. The fraction of sp³-hybridized carbons (Fsp3) is 0.520. The number of hydrogen-bond donors (Lipinski definition) is 8. The van der Waals surface area contributed by atoms with Gasteiger partial charge in [-0.25, -0.2) is 4.79 Å². The second kappa shape index (κ2) is 15.9. The summed E-state index contributed by atoms with van der Waals surface area (Å²) in [5.41, 5.74) is 6.37. The van der Waals surface area contributed by atoms with E-state index < -0.39 is 79.1 Å². The van der Waals surface area contributed by atoms with Gasteiger partial charge in [-0.2, -0.15) is 0 Å². The topological polar surface area (TPSA) is 245 Å². The number of carbonyl (C=O) groups is 6. The van der Waals surface area contributed by atoms with Gasteiger partial charge in [0.25, 0.3) is 0 Å². The molecule has 5 unspecified atom stereocenters. The Morgan fingerprint density at radius 2 is 1.21 bits per heavy atom. The van der Waals surface area contributed by atoms with Crippen molar-refractivity contribution in [1.29, 1.82) is 0 Å². The summed E-state index contributed by atoms with van der Waals surface area (Å²) in [6, 6.07) is 0.232. The molecule has 5 atom stereocenters. The molecule has 9 N–H and O–H groups in total. The molecule has 216 valence electrons. The molecule has 0 heterocycles. The van der Waals surface area contributed by atoms with E-state index in [0.717, 1.165) is 0 Å². The lowest BCUT2D eigenvalue weighted by molar-refractivity contribution is -0.143. The van der Waals surface area contributed by atoms with Gasteiger partial charge in [-0.3, -0.25) is 24.0 Å². The van der Waals surface area contributed by atoms with Crippen molar-refractivity contribution < 1.29 is 49.2 Å². The van der Waals surface area contributed by atoms with E-state index >= 15 is 0 Å². The predicted molar refractivity (Wildman–Crippen MR) is 136 cm³/mol. The Morgan fingerprint density at radius 1 is 0.769 bits per heavy atom. The Bertz CT molecular complexity index is 1030. The van der Waals surface area contributed by atoms with Crippen LogP contribution in [0.2, 0.25) is 0 Å². The second-order valence-corrected chi connectivity index (χ2v) is 9.17. The minimum atomic E-state index is -1.51. The molecular formula is C25H36N4O10. The highest BCUT2D eigenvalue weighted by atomic mass is 16.4. The maximum absolute atomic E-state index is 13.0. The smallest absolute Gasteiger partial charge is 0.326 e. The average molecular weight is 553 g/mol. The predicted octanol–water partition coefficient (Wildman–Crippen LogP) is -0.423. The van der Waals surface area contributed by atoms with Gasteiger partial charge in [0.15, 0.2) is 0 Å². The van der Waals surface area contributed by atoms with Gasteiger partial charge >= 0.3 is 17.9 Å². The van der Waals surface area contributed by atoms with Crippen LogP contribution in [0.3, 0.4) is 0 Å². The number of rotatable bonds is 17. The molecule has 0 saturated carbocycles. The normalized spacial score (nSPS) is 14.6. The zero-order valence-corrected chi connectivity index (χ0v) is 21.8. The number of aromatic hydroxyl groups is 1. The number of carboxylic acids is 3. The second-order valence-electron chi connectivity index (χ2n) is 9.17. The van der Waals surface area contributed by atoms with Gasteiger partial charge in [0, 0.05) is 19.3 Å². The van der Waals surface area contributed by atoms with Crippen LogP contribution in [0.4, 0.5) is 0 Å². The van der Waals surface area contributed by atoms with Gasteiger partial charge in [0.1, 0.15) is 23.9 Å². The number of benzene rings is 1. The van der Waals surface area contributed by atoms with Crippen molar-refractivity contribution in [3.8, 4) is 5.75 Å². The van der Waals surface area contributed by atoms with E-state index in [4.69, 9.17) is 15.9 Å². The van der Waals surface area contributed by atoms with Crippen molar-refractivity contribution in [3.63, 3.8) is 0 Å². The van der Waals surface area contributed by atoms with E-state index in [1.807, 2.05) is 6.92 Å². The fourth-order valence-electron chi connectivity index (χ4n) is 3.47. The van der Waals surface area contributed by atoms with Crippen LogP contribution in [0.15, 0.2) is 24.3 Å². The first kappa shape index (κ1) is 32.8. The number of aliphatic carboxylic acids is 3. The van der Waals surface area contributed by atoms with E-state index in [-0.39, 0.29) is 24.5 Å².